The van der Waals surface area contributed by atoms with Crippen molar-refractivity contribution in [3.63, 3.8) is 0 Å². The largest absolute Gasteiger partial charge is 0.491 e. The first-order valence-electron chi connectivity index (χ1n) is 12.5. The smallest absolute Gasteiger partial charge is 0.255 e. The maximum atomic E-state index is 13.2. The third kappa shape index (κ3) is 8.33. The van der Waals surface area contributed by atoms with Gasteiger partial charge in [-0.2, -0.15) is 0 Å². The summed E-state index contributed by atoms with van der Waals surface area (Å²) in [6.45, 7) is 5.02. The van der Waals surface area contributed by atoms with Gasteiger partial charge >= 0.3 is 0 Å². The highest BCUT2D eigenvalue weighted by atomic mass is 16.5. The number of amides is 4. The molecule has 11 heteroatoms. The summed E-state index contributed by atoms with van der Waals surface area (Å²) in [6.07, 6.45) is 5.98. The Morgan fingerprint density at radius 1 is 1.22 bits per heavy atom. The minimum Gasteiger partial charge on any atom is -0.491 e. The molecule has 3 N–H and O–H groups in total. The molecule has 200 valence electrons. The van der Waals surface area contributed by atoms with Gasteiger partial charge < -0.3 is 30.2 Å². The zero-order chi connectivity index (χ0) is 26.8. The van der Waals surface area contributed by atoms with E-state index in [-0.39, 0.29) is 61.2 Å². The van der Waals surface area contributed by atoms with Crippen molar-refractivity contribution in [2.45, 2.75) is 51.7 Å². The fourth-order valence-corrected chi connectivity index (χ4v) is 3.90. The summed E-state index contributed by atoms with van der Waals surface area (Å²) in [4.78, 5) is 56.8. The number of hydrogen-bond acceptors (Lipinski definition) is 6. The molecule has 0 aliphatic carbocycles. The number of benzene rings is 1. The number of aromatic nitrogens is 2. The van der Waals surface area contributed by atoms with Gasteiger partial charge in [-0.05, 0) is 30.9 Å². The summed E-state index contributed by atoms with van der Waals surface area (Å²) in [6, 6.07) is 5.49. The normalized spacial score (nSPS) is 19.7. The maximum absolute atomic E-state index is 13.2. The van der Waals surface area contributed by atoms with Crippen molar-refractivity contribution in [1.29, 1.82) is 0 Å². The van der Waals surface area contributed by atoms with Crippen molar-refractivity contribution >= 4 is 23.6 Å². The van der Waals surface area contributed by atoms with Crippen molar-refractivity contribution in [2.75, 3.05) is 26.7 Å². The number of fused-ring (bicyclic) bond motifs is 1. The first kappa shape index (κ1) is 27.7. The number of rotatable bonds is 6. The number of likely N-dealkylation sites (N-methyl/N-ethyl adjacent to an activating group) is 1. The molecule has 0 fully saturated rings. The van der Waals surface area contributed by atoms with Crippen LogP contribution in [-0.2, 0) is 20.9 Å². The number of para-hydroxylation sites is 1. The highest BCUT2D eigenvalue weighted by molar-refractivity contribution is 5.99. The maximum Gasteiger partial charge on any atom is 0.255 e. The summed E-state index contributed by atoms with van der Waals surface area (Å²) in [7, 11) is 1.54. The van der Waals surface area contributed by atoms with E-state index in [0.29, 0.717) is 25.3 Å². The molecule has 2 heterocycles. The van der Waals surface area contributed by atoms with Crippen molar-refractivity contribution in [1.82, 2.24) is 30.4 Å². The molecule has 2 atom stereocenters. The van der Waals surface area contributed by atoms with Crippen LogP contribution in [0.5, 0.6) is 5.75 Å². The van der Waals surface area contributed by atoms with Gasteiger partial charge in [0, 0.05) is 39.0 Å². The zero-order valence-corrected chi connectivity index (χ0v) is 21.6. The number of carbonyl (C=O) groups is 4. The lowest BCUT2D eigenvalue weighted by atomic mass is 10.1. The highest BCUT2D eigenvalue weighted by Crippen LogP contribution is 2.20. The van der Waals surface area contributed by atoms with Crippen LogP contribution >= 0.6 is 0 Å². The third-order valence-corrected chi connectivity index (χ3v) is 6.23. The molecule has 0 radical (unpaired) electrons. The van der Waals surface area contributed by atoms with Gasteiger partial charge in [0.05, 0.1) is 24.5 Å². The SMILES string of the molecule is CC(C)[C@@H]1COc2ccccc2C(=O)N[C@H](C(=O)NCCCn2ccnc2)CCC(=O)N(C)CC(=O)N1. The van der Waals surface area contributed by atoms with E-state index in [1.54, 1.807) is 43.8 Å². The van der Waals surface area contributed by atoms with Gasteiger partial charge in [0.15, 0.2) is 0 Å². The molecule has 3 rings (SSSR count). The topological polar surface area (TPSA) is 135 Å². The van der Waals surface area contributed by atoms with Crippen molar-refractivity contribution < 1.29 is 23.9 Å². The van der Waals surface area contributed by atoms with E-state index in [1.165, 1.54) is 4.90 Å². The van der Waals surface area contributed by atoms with Crippen LogP contribution in [0.4, 0.5) is 0 Å². The summed E-state index contributed by atoms with van der Waals surface area (Å²) >= 11 is 0. The number of ether oxygens (including phenoxy) is 1. The van der Waals surface area contributed by atoms with E-state index < -0.39 is 11.9 Å². The minimum atomic E-state index is -0.937. The molecular weight excluding hydrogens is 476 g/mol. The fourth-order valence-electron chi connectivity index (χ4n) is 3.90. The van der Waals surface area contributed by atoms with E-state index in [0.717, 1.165) is 0 Å². The molecule has 0 saturated carbocycles. The van der Waals surface area contributed by atoms with Crippen LogP contribution in [0.15, 0.2) is 43.0 Å². The molecule has 0 spiro atoms. The molecule has 0 unspecified atom stereocenters. The van der Waals surface area contributed by atoms with Crippen molar-refractivity contribution in [3.8, 4) is 5.75 Å². The van der Waals surface area contributed by atoms with E-state index in [4.69, 9.17) is 4.74 Å². The van der Waals surface area contributed by atoms with E-state index in [2.05, 4.69) is 20.9 Å². The Labute approximate surface area is 216 Å². The third-order valence-electron chi connectivity index (χ3n) is 6.23. The Morgan fingerprint density at radius 3 is 2.73 bits per heavy atom. The lowest BCUT2D eigenvalue weighted by molar-refractivity contribution is -0.135. The first-order chi connectivity index (χ1) is 17.7. The molecule has 1 aliphatic rings. The number of aryl methyl sites for hydroxylation is 1. The average molecular weight is 513 g/mol. The summed E-state index contributed by atoms with van der Waals surface area (Å²) < 4.78 is 7.86. The molecular formula is C26H36N6O5. The van der Waals surface area contributed by atoms with Crippen LogP contribution < -0.4 is 20.7 Å². The van der Waals surface area contributed by atoms with Gasteiger partial charge in [0.2, 0.25) is 17.7 Å². The van der Waals surface area contributed by atoms with Crippen LogP contribution in [0, 0.1) is 5.92 Å². The summed E-state index contributed by atoms with van der Waals surface area (Å²) in [5.41, 5.74) is 0.271. The Kier molecular flexibility index (Phi) is 10.0. The second-order valence-electron chi connectivity index (χ2n) is 9.48. The Balaban J connectivity index is 1.76. The first-order valence-corrected chi connectivity index (χ1v) is 12.5. The number of nitrogens with one attached hydrogen (secondary N) is 3. The molecule has 1 aliphatic heterocycles. The standard InChI is InChI=1S/C26H36N6O5/c1-18(2)21-16-37-22-8-5-4-7-19(22)25(35)30-20(9-10-24(34)31(3)15-23(33)29-21)26(36)28-11-6-13-32-14-12-27-17-32/h4-5,7-8,12,14,17-18,20-21H,6,9-11,13,15-16H2,1-3H3,(H,28,36)(H,29,33)(H,30,35)/t20-,21-/m0/s1. The van der Waals surface area contributed by atoms with Crippen molar-refractivity contribution in [3.05, 3.63) is 48.5 Å². The molecule has 4 amide bonds. The lowest BCUT2D eigenvalue weighted by Crippen LogP contribution is -2.48. The van der Waals surface area contributed by atoms with E-state index in [9.17, 15) is 19.2 Å². The molecule has 11 nitrogen and oxygen atoms in total. The summed E-state index contributed by atoms with van der Waals surface area (Å²) in [5.74, 6) is -1.05. The molecule has 1 aromatic heterocycles. The zero-order valence-electron chi connectivity index (χ0n) is 21.6. The molecule has 1 aromatic carbocycles. The molecule has 0 saturated heterocycles. The number of hydrogen-bond donors (Lipinski definition) is 3. The van der Waals surface area contributed by atoms with Gasteiger partial charge in [-0.25, -0.2) is 4.98 Å². The fraction of sp³-hybridized carbons (Fsp3) is 0.500. The molecule has 37 heavy (non-hydrogen) atoms. The highest BCUT2D eigenvalue weighted by Gasteiger charge is 2.26. The Morgan fingerprint density at radius 2 is 2.00 bits per heavy atom. The van der Waals surface area contributed by atoms with E-state index in [1.807, 2.05) is 24.6 Å². The van der Waals surface area contributed by atoms with Crippen LogP contribution in [0.2, 0.25) is 0 Å². The van der Waals surface area contributed by atoms with Crippen molar-refractivity contribution in [2.24, 2.45) is 5.92 Å². The molecule has 0 bridgehead atoms. The van der Waals surface area contributed by atoms with Crippen LogP contribution in [0.25, 0.3) is 0 Å². The van der Waals surface area contributed by atoms with Gasteiger partial charge in [0.1, 0.15) is 18.4 Å². The number of carbonyl (C=O) groups excluding carboxylic acids is 4. The summed E-state index contributed by atoms with van der Waals surface area (Å²) in [5, 5.41) is 8.54. The van der Waals surface area contributed by atoms with Crippen LogP contribution in [-0.4, -0.2) is 76.9 Å². The van der Waals surface area contributed by atoms with Gasteiger partial charge in [-0.15, -0.1) is 0 Å². The average Bonchev–Trinajstić information content (AvgIpc) is 3.39. The second kappa shape index (κ2) is 13.4. The quantitative estimate of drug-likeness (QED) is 0.494. The predicted octanol–water partition coefficient (Wildman–Crippen LogP) is 0.960. The van der Waals surface area contributed by atoms with E-state index >= 15 is 0 Å². The Hall–Kier alpha value is -3.89. The predicted molar refractivity (Wildman–Crippen MR) is 137 cm³/mol. The van der Waals surface area contributed by atoms with Gasteiger partial charge in [-0.3, -0.25) is 19.2 Å². The van der Waals surface area contributed by atoms with Crippen LogP contribution in [0.1, 0.15) is 43.5 Å². The number of imidazole rings is 1. The lowest BCUT2D eigenvalue weighted by Gasteiger charge is -2.24. The number of nitrogens with zero attached hydrogens (tertiary/aromatic N) is 3. The molecule has 2 aromatic rings. The second-order valence-corrected chi connectivity index (χ2v) is 9.48. The van der Waals surface area contributed by atoms with Gasteiger partial charge in [0.25, 0.3) is 5.91 Å². The van der Waals surface area contributed by atoms with Crippen LogP contribution in [0.3, 0.4) is 0 Å². The Bertz CT molecular complexity index is 1070. The monoisotopic (exact) mass is 512 g/mol. The van der Waals surface area contributed by atoms with Gasteiger partial charge in [-0.1, -0.05) is 26.0 Å². The minimum absolute atomic E-state index is 0.0110.